The maximum absolute atomic E-state index is 5.57. The van der Waals surface area contributed by atoms with Gasteiger partial charge in [0.15, 0.2) is 0 Å². The lowest BCUT2D eigenvalue weighted by atomic mass is 9.88. The maximum atomic E-state index is 5.57. The van der Waals surface area contributed by atoms with E-state index in [0.29, 0.717) is 0 Å². The van der Waals surface area contributed by atoms with Gasteiger partial charge in [0.25, 0.3) is 0 Å². The van der Waals surface area contributed by atoms with Gasteiger partial charge in [-0.15, -0.1) is 0 Å². The van der Waals surface area contributed by atoms with Gasteiger partial charge in [0.1, 0.15) is 0 Å². The van der Waals surface area contributed by atoms with Gasteiger partial charge in [0.05, 0.1) is 11.4 Å². The summed E-state index contributed by atoms with van der Waals surface area (Å²) in [5, 5.41) is 2.37. The van der Waals surface area contributed by atoms with Crippen LogP contribution in [0.4, 0.5) is 0 Å². The zero-order chi connectivity index (χ0) is 36.7. The van der Waals surface area contributed by atoms with E-state index in [2.05, 4.69) is 190 Å². The first-order valence-electron chi connectivity index (χ1n) is 19.5. The summed E-state index contributed by atoms with van der Waals surface area (Å²) in [6, 6.07) is 64.1. The molecule has 0 N–H and O–H groups in total. The Morgan fingerprint density at radius 1 is 0.370 bits per heavy atom. The highest BCUT2D eigenvalue weighted by atomic mass is 14.7. The van der Waals surface area contributed by atoms with Gasteiger partial charge >= 0.3 is 0 Å². The molecule has 0 atom stereocenters. The van der Waals surface area contributed by atoms with Crippen molar-refractivity contribution in [2.45, 2.75) is 52.4 Å². The van der Waals surface area contributed by atoms with Crippen molar-refractivity contribution in [1.29, 1.82) is 0 Å². The fourth-order valence-corrected chi connectivity index (χ4v) is 7.96. The second-order valence-corrected chi connectivity index (χ2v) is 14.7. The summed E-state index contributed by atoms with van der Waals surface area (Å²) < 4.78 is 0. The third-order valence-electron chi connectivity index (χ3n) is 10.8. The summed E-state index contributed by atoms with van der Waals surface area (Å²) in [4.78, 5) is 5.57. The SMILES string of the molecule is Cc1cccc(C)c1-c1nc(-c2cccc(-c3cccc(CCCCCCc4ccccc4)c3)c2)cc2c(-c3ccccc3)cc(-c3ccccc3)cc12. The van der Waals surface area contributed by atoms with Crippen molar-refractivity contribution in [1.82, 2.24) is 4.98 Å². The van der Waals surface area contributed by atoms with Crippen LogP contribution in [-0.4, -0.2) is 4.98 Å². The van der Waals surface area contributed by atoms with Gasteiger partial charge in [0.2, 0.25) is 0 Å². The van der Waals surface area contributed by atoms with Crippen LogP contribution in [0.2, 0.25) is 0 Å². The molecule has 7 aromatic carbocycles. The van der Waals surface area contributed by atoms with Crippen LogP contribution in [0.15, 0.2) is 176 Å². The van der Waals surface area contributed by atoms with Crippen molar-refractivity contribution < 1.29 is 0 Å². The van der Waals surface area contributed by atoms with Crippen LogP contribution in [0.5, 0.6) is 0 Å². The molecule has 8 aromatic rings. The number of unbranched alkanes of at least 4 members (excludes halogenated alkanes) is 3. The Balaban J connectivity index is 1.16. The van der Waals surface area contributed by atoms with Crippen molar-refractivity contribution in [2.75, 3.05) is 0 Å². The molecule has 0 amide bonds. The lowest BCUT2D eigenvalue weighted by Crippen LogP contribution is -1.97. The molecule has 0 saturated carbocycles. The molecule has 54 heavy (non-hydrogen) atoms. The molecule has 0 aliphatic carbocycles. The van der Waals surface area contributed by atoms with Gasteiger partial charge < -0.3 is 0 Å². The highest BCUT2D eigenvalue weighted by molar-refractivity contribution is 6.08. The maximum Gasteiger partial charge on any atom is 0.0793 e. The normalized spacial score (nSPS) is 11.2. The van der Waals surface area contributed by atoms with E-state index in [4.69, 9.17) is 4.98 Å². The number of fused-ring (bicyclic) bond motifs is 1. The largest absolute Gasteiger partial charge is 0.247 e. The highest BCUT2D eigenvalue weighted by Gasteiger charge is 2.18. The number of aryl methyl sites for hydroxylation is 4. The topological polar surface area (TPSA) is 12.9 Å². The Morgan fingerprint density at radius 3 is 1.61 bits per heavy atom. The van der Waals surface area contributed by atoms with Gasteiger partial charge in [-0.05, 0) is 125 Å². The molecule has 1 nitrogen and oxygen atoms in total. The molecule has 0 spiro atoms. The van der Waals surface area contributed by atoms with Crippen molar-refractivity contribution in [3.05, 3.63) is 198 Å². The highest BCUT2D eigenvalue weighted by Crippen LogP contribution is 2.42. The molecule has 0 aliphatic heterocycles. The van der Waals surface area contributed by atoms with Gasteiger partial charge in [-0.2, -0.15) is 0 Å². The molecule has 0 bridgehead atoms. The van der Waals surface area contributed by atoms with E-state index in [1.54, 1.807) is 0 Å². The van der Waals surface area contributed by atoms with E-state index in [-0.39, 0.29) is 0 Å². The standard InChI is InChI=1S/C53H47N/c1-38-19-16-20-39(2)52(38)53-50-36-47(42-26-12-6-13-27-42)35-48(43-28-14-7-15-29-43)49(50)37-51(54-53)46-32-18-31-45(34-46)44-30-17-25-41(33-44)24-9-4-3-8-21-40-22-10-5-11-23-40/h5-7,10-20,22-23,25-37H,3-4,8-9,21,24H2,1-2H3. The van der Waals surface area contributed by atoms with Crippen molar-refractivity contribution in [3.8, 4) is 55.9 Å². The molecule has 0 unspecified atom stereocenters. The summed E-state index contributed by atoms with van der Waals surface area (Å²) in [5.74, 6) is 0. The van der Waals surface area contributed by atoms with Crippen molar-refractivity contribution >= 4 is 10.8 Å². The number of rotatable bonds is 12. The van der Waals surface area contributed by atoms with Crippen LogP contribution in [0.3, 0.4) is 0 Å². The monoisotopic (exact) mass is 697 g/mol. The molecule has 0 fully saturated rings. The zero-order valence-corrected chi connectivity index (χ0v) is 31.4. The predicted octanol–water partition coefficient (Wildman–Crippen LogP) is 14.5. The molecule has 0 saturated heterocycles. The fourth-order valence-electron chi connectivity index (χ4n) is 7.96. The van der Waals surface area contributed by atoms with Gasteiger partial charge in [-0.25, -0.2) is 4.98 Å². The minimum absolute atomic E-state index is 0.985. The van der Waals surface area contributed by atoms with Crippen molar-refractivity contribution in [3.63, 3.8) is 0 Å². The molecule has 0 aliphatic rings. The Kier molecular flexibility index (Phi) is 10.6. The third kappa shape index (κ3) is 7.82. The van der Waals surface area contributed by atoms with E-state index < -0.39 is 0 Å². The number of hydrogen-bond donors (Lipinski definition) is 0. The van der Waals surface area contributed by atoms with Gasteiger partial charge in [-0.3, -0.25) is 0 Å². The van der Waals surface area contributed by atoms with Crippen molar-refractivity contribution in [2.24, 2.45) is 0 Å². The second-order valence-electron chi connectivity index (χ2n) is 14.7. The van der Waals surface area contributed by atoms with Crippen LogP contribution in [0.1, 0.15) is 47.9 Å². The van der Waals surface area contributed by atoms with E-state index in [1.165, 1.54) is 104 Å². The summed E-state index contributed by atoms with van der Waals surface area (Å²) in [6.07, 6.45) is 7.30. The number of hydrogen-bond acceptors (Lipinski definition) is 1. The van der Waals surface area contributed by atoms with Crippen LogP contribution in [0.25, 0.3) is 66.7 Å². The lowest BCUT2D eigenvalue weighted by Gasteiger charge is -2.18. The van der Waals surface area contributed by atoms with Gasteiger partial charge in [-0.1, -0.05) is 165 Å². The Bertz CT molecular complexity index is 2480. The van der Waals surface area contributed by atoms with E-state index >= 15 is 0 Å². The van der Waals surface area contributed by atoms with Crippen LogP contribution in [-0.2, 0) is 12.8 Å². The number of pyridine rings is 1. The smallest absolute Gasteiger partial charge is 0.0793 e. The summed E-state index contributed by atoms with van der Waals surface area (Å²) in [6.45, 7) is 4.42. The van der Waals surface area contributed by atoms with Gasteiger partial charge in [0, 0.05) is 16.5 Å². The Labute approximate surface area is 321 Å². The Morgan fingerprint density at radius 2 is 0.907 bits per heavy atom. The molecule has 0 radical (unpaired) electrons. The minimum Gasteiger partial charge on any atom is -0.247 e. The fraction of sp³-hybridized carbons (Fsp3) is 0.151. The number of aromatic nitrogens is 1. The molecule has 264 valence electrons. The van der Waals surface area contributed by atoms with E-state index in [1.807, 2.05) is 0 Å². The quantitative estimate of drug-likeness (QED) is 0.116. The zero-order valence-electron chi connectivity index (χ0n) is 31.4. The van der Waals surface area contributed by atoms with Crippen LogP contribution < -0.4 is 0 Å². The first-order chi connectivity index (χ1) is 26.6. The molecule has 8 rings (SSSR count). The minimum atomic E-state index is 0.985. The van der Waals surface area contributed by atoms with Crippen LogP contribution >= 0.6 is 0 Å². The molecule has 1 heteroatoms. The first-order valence-corrected chi connectivity index (χ1v) is 19.5. The summed E-state index contributed by atoms with van der Waals surface area (Å²) >= 11 is 0. The molecular formula is C53H47N. The predicted molar refractivity (Wildman–Crippen MR) is 231 cm³/mol. The van der Waals surface area contributed by atoms with E-state index in [9.17, 15) is 0 Å². The first kappa shape index (κ1) is 35.0. The molecule has 1 heterocycles. The lowest BCUT2D eigenvalue weighted by molar-refractivity contribution is 0.640. The van der Waals surface area contributed by atoms with E-state index in [0.717, 1.165) is 23.4 Å². The number of benzene rings is 7. The Hall–Kier alpha value is -6.05. The van der Waals surface area contributed by atoms with Crippen LogP contribution in [0, 0.1) is 13.8 Å². The average Bonchev–Trinajstić information content (AvgIpc) is 3.23. The number of nitrogens with zero attached hydrogens (tertiary/aromatic N) is 1. The molecule has 1 aromatic heterocycles. The summed E-state index contributed by atoms with van der Waals surface area (Å²) in [7, 11) is 0. The third-order valence-corrected chi connectivity index (χ3v) is 10.8. The molecular weight excluding hydrogens is 651 g/mol. The summed E-state index contributed by atoms with van der Waals surface area (Å²) in [5.41, 5.74) is 16.9. The second kappa shape index (κ2) is 16.3. The average molecular weight is 698 g/mol.